The second kappa shape index (κ2) is 7.99. The van der Waals surface area contributed by atoms with Gasteiger partial charge in [-0.05, 0) is 39.2 Å². The minimum Gasteiger partial charge on any atom is -0.480 e. The van der Waals surface area contributed by atoms with Crippen LogP contribution in [0.1, 0.15) is 39.5 Å². The summed E-state index contributed by atoms with van der Waals surface area (Å²) < 4.78 is 0. The van der Waals surface area contributed by atoms with Crippen LogP contribution >= 0.6 is 0 Å². The van der Waals surface area contributed by atoms with E-state index in [0.29, 0.717) is 12.6 Å². The van der Waals surface area contributed by atoms with Crippen LogP contribution in [0.5, 0.6) is 0 Å². The molecular weight excluding hydrogens is 246 g/mol. The number of carbonyl (C=O) groups excluding carboxylic acids is 1. The molecule has 0 spiro atoms. The lowest BCUT2D eigenvalue weighted by molar-refractivity contribution is -0.138. The van der Waals surface area contributed by atoms with E-state index in [2.05, 4.69) is 10.6 Å². The highest BCUT2D eigenvalue weighted by Crippen LogP contribution is 2.18. The number of nitrogens with zero attached hydrogens (tertiary/aromatic N) is 1. The maximum Gasteiger partial charge on any atom is 0.323 e. The first-order chi connectivity index (χ1) is 9.04. The molecule has 0 radical (unpaired) electrons. The van der Waals surface area contributed by atoms with Gasteiger partial charge in [-0.2, -0.15) is 0 Å². The fourth-order valence-corrected chi connectivity index (χ4v) is 1.77. The van der Waals surface area contributed by atoms with Crippen molar-refractivity contribution in [2.75, 3.05) is 19.6 Å². The molecule has 0 aromatic carbocycles. The molecule has 1 fully saturated rings. The van der Waals surface area contributed by atoms with Crippen LogP contribution in [0.2, 0.25) is 0 Å². The van der Waals surface area contributed by atoms with Gasteiger partial charge in [0.25, 0.3) is 0 Å². The van der Waals surface area contributed by atoms with Gasteiger partial charge in [0.05, 0.1) is 0 Å². The summed E-state index contributed by atoms with van der Waals surface area (Å²) in [5.41, 5.74) is 0. The average Bonchev–Trinajstić information content (AvgIpc) is 3.18. The average molecular weight is 271 g/mol. The number of nitrogens with one attached hydrogen (secondary N) is 2. The monoisotopic (exact) mass is 271 g/mol. The molecule has 3 N–H and O–H groups in total. The van der Waals surface area contributed by atoms with Crippen molar-refractivity contribution in [3.05, 3.63) is 0 Å². The predicted octanol–water partition coefficient (Wildman–Crippen LogP) is 1.02. The van der Waals surface area contributed by atoms with Crippen molar-refractivity contribution < 1.29 is 14.7 Å². The van der Waals surface area contributed by atoms with Crippen LogP contribution in [0.25, 0.3) is 0 Å². The minimum absolute atomic E-state index is 0.0688. The van der Waals surface area contributed by atoms with E-state index in [9.17, 15) is 9.59 Å². The number of amides is 2. The Morgan fingerprint density at radius 3 is 2.58 bits per heavy atom. The van der Waals surface area contributed by atoms with Crippen LogP contribution in [0, 0.1) is 0 Å². The number of rotatable bonds is 9. The molecule has 0 heterocycles. The van der Waals surface area contributed by atoms with Crippen LogP contribution in [-0.4, -0.2) is 53.7 Å². The van der Waals surface area contributed by atoms with Gasteiger partial charge < -0.3 is 20.6 Å². The third-order valence-electron chi connectivity index (χ3n) is 3.33. The maximum atomic E-state index is 11.9. The Balaban J connectivity index is 2.22. The van der Waals surface area contributed by atoms with Gasteiger partial charge in [-0.15, -0.1) is 0 Å². The van der Waals surface area contributed by atoms with Crippen LogP contribution in [0.3, 0.4) is 0 Å². The van der Waals surface area contributed by atoms with Gasteiger partial charge >= 0.3 is 12.0 Å². The zero-order valence-corrected chi connectivity index (χ0v) is 11.8. The van der Waals surface area contributed by atoms with Crippen molar-refractivity contribution in [1.82, 2.24) is 15.5 Å². The fourth-order valence-electron chi connectivity index (χ4n) is 1.77. The van der Waals surface area contributed by atoms with Crippen LogP contribution in [0.15, 0.2) is 0 Å². The van der Waals surface area contributed by atoms with Gasteiger partial charge in [0.1, 0.15) is 6.54 Å². The molecule has 6 heteroatoms. The molecule has 0 aliphatic heterocycles. The predicted molar refractivity (Wildman–Crippen MR) is 73.1 cm³/mol. The molecule has 0 aromatic heterocycles. The third-order valence-corrected chi connectivity index (χ3v) is 3.33. The first-order valence-electron chi connectivity index (χ1n) is 7.04. The van der Waals surface area contributed by atoms with Crippen molar-refractivity contribution >= 4 is 12.0 Å². The van der Waals surface area contributed by atoms with Crippen LogP contribution < -0.4 is 10.6 Å². The summed E-state index contributed by atoms with van der Waals surface area (Å²) in [6.07, 6.45) is 4.12. The van der Waals surface area contributed by atoms with Gasteiger partial charge in [-0.25, -0.2) is 4.79 Å². The Labute approximate surface area is 114 Å². The van der Waals surface area contributed by atoms with Crippen molar-refractivity contribution in [2.24, 2.45) is 0 Å². The zero-order chi connectivity index (χ0) is 14.3. The highest BCUT2D eigenvalue weighted by Gasteiger charge is 2.21. The van der Waals surface area contributed by atoms with E-state index in [1.165, 1.54) is 17.7 Å². The molecule has 0 saturated heterocycles. The zero-order valence-electron chi connectivity index (χ0n) is 11.8. The van der Waals surface area contributed by atoms with E-state index < -0.39 is 5.97 Å². The molecule has 1 unspecified atom stereocenters. The standard InChI is InChI=1S/C13H25N3O3/c1-3-10(2)16(9-12(17)18)13(19)15-8-4-7-14-11-5-6-11/h10-11,14H,3-9H2,1-2H3,(H,15,19)(H,17,18). The van der Waals surface area contributed by atoms with Crippen molar-refractivity contribution in [3.8, 4) is 0 Å². The van der Waals surface area contributed by atoms with E-state index in [1.54, 1.807) is 0 Å². The smallest absolute Gasteiger partial charge is 0.323 e. The number of urea groups is 1. The molecule has 1 aliphatic rings. The lowest BCUT2D eigenvalue weighted by Gasteiger charge is -2.27. The topological polar surface area (TPSA) is 81.7 Å². The Hall–Kier alpha value is -1.30. The summed E-state index contributed by atoms with van der Waals surface area (Å²) in [6, 6.07) is 0.322. The summed E-state index contributed by atoms with van der Waals surface area (Å²) >= 11 is 0. The van der Waals surface area contributed by atoms with E-state index in [1.807, 2.05) is 13.8 Å². The van der Waals surface area contributed by atoms with E-state index in [4.69, 9.17) is 5.11 Å². The van der Waals surface area contributed by atoms with Gasteiger partial charge in [0.15, 0.2) is 0 Å². The summed E-state index contributed by atoms with van der Waals surface area (Å²) in [5.74, 6) is -0.981. The SMILES string of the molecule is CCC(C)N(CC(=O)O)C(=O)NCCCNC1CC1. The van der Waals surface area contributed by atoms with E-state index >= 15 is 0 Å². The lowest BCUT2D eigenvalue weighted by atomic mass is 10.2. The van der Waals surface area contributed by atoms with Crippen molar-refractivity contribution in [2.45, 2.75) is 51.6 Å². The molecule has 1 aliphatic carbocycles. The Bertz CT molecular complexity index is 306. The number of carbonyl (C=O) groups is 2. The molecule has 1 rings (SSSR count). The van der Waals surface area contributed by atoms with Gasteiger partial charge in [0, 0.05) is 18.6 Å². The van der Waals surface area contributed by atoms with Crippen molar-refractivity contribution in [1.29, 1.82) is 0 Å². The Morgan fingerprint density at radius 1 is 1.37 bits per heavy atom. The second-order valence-electron chi connectivity index (χ2n) is 5.09. The van der Waals surface area contributed by atoms with Crippen molar-refractivity contribution in [3.63, 3.8) is 0 Å². The molecule has 1 atom stereocenters. The summed E-state index contributed by atoms with van der Waals surface area (Å²) in [5, 5.41) is 15.0. The first kappa shape index (κ1) is 15.8. The maximum absolute atomic E-state index is 11.9. The summed E-state index contributed by atoms with van der Waals surface area (Å²) in [7, 11) is 0. The number of carboxylic acid groups (broad SMARTS) is 1. The quantitative estimate of drug-likeness (QED) is 0.547. The largest absolute Gasteiger partial charge is 0.480 e. The molecule has 110 valence electrons. The number of hydrogen-bond acceptors (Lipinski definition) is 3. The number of hydrogen-bond donors (Lipinski definition) is 3. The van der Waals surface area contributed by atoms with Gasteiger partial charge in [0.2, 0.25) is 0 Å². The molecule has 19 heavy (non-hydrogen) atoms. The third kappa shape index (κ3) is 6.42. The first-order valence-corrected chi connectivity index (χ1v) is 7.04. The van der Waals surface area contributed by atoms with E-state index in [-0.39, 0.29) is 18.6 Å². The summed E-state index contributed by atoms with van der Waals surface area (Å²) in [4.78, 5) is 24.1. The highest BCUT2D eigenvalue weighted by molar-refractivity contribution is 5.80. The molecular formula is C13H25N3O3. The minimum atomic E-state index is -0.981. The summed E-state index contributed by atoms with van der Waals surface area (Å²) in [6.45, 7) is 5.02. The fraction of sp³-hybridized carbons (Fsp3) is 0.846. The highest BCUT2D eigenvalue weighted by atomic mass is 16.4. The molecule has 0 aromatic rings. The molecule has 1 saturated carbocycles. The number of aliphatic carboxylic acids is 1. The van der Waals surface area contributed by atoms with Crippen LogP contribution in [-0.2, 0) is 4.79 Å². The van der Waals surface area contributed by atoms with Crippen LogP contribution in [0.4, 0.5) is 4.79 Å². The van der Waals surface area contributed by atoms with E-state index in [0.717, 1.165) is 19.4 Å². The van der Waals surface area contributed by atoms with Gasteiger partial charge in [-0.3, -0.25) is 4.79 Å². The molecule has 0 bridgehead atoms. The normalized spacial score (nSPS) is 15.9. The molecule has 6 nitrogen and oxygen atoms in total. The Morgan fingerprint density at radius 2 is 2.05 bits per heavy atom. The molecule has 2 amide bonds. The second-order valence-corrected chi connectivity index (χ2v) is 5.09. The lowest BCUT2D eigenvalue weighted by Crippen LogP contribution is -2.47. The van der Waals surface area contributed by atoms with Gasteiger partial charge in [-0.1, -0.05) is 6.92 Å². The Kier molecular flexibility index (Phi) is 6.62. The number of carboxylic acids is 1.